The third-order valence-electron chi connectivity index (χ3n) is 8.29. The molecule has 0 saturated heterocycles. The van der Waals surface area contributed by atoms with Gasteiger partial charge in [0.15, 0.2) is 0 Å². The zero-order valence-corrected chi connectivity index (χ0v) is 23.2. The molecule has 4 rings (SSSR count). The number of carbonyl (C=O) groups excluding carboxylic acids is 1. The number of allylic oxidation sites excluding steroid dienone is 5. The van der Waals surface area contributed by atoms with Crippen LogP contribution >= 0.6 is 11.8 Å². The molecule has 0 aromatic carbocycles. The maximum Gasteiger partial charge on any atom is 0.327 e. The van der Waals surface area contributed by atoms with E-state index in [1.807, 2.05) is 0 Å². The molecule has 0 aromatic heterocycles. The fraction of sp³-hybridized carbons (Fsp3) is 0.733. The lowest BCUT2D eigenvalue weighted by Crippen LogP contribution is -2.50. The molecule has 5 heteroatoms. The molecule has 196 valence electrons. The van der Waals surface area contributed by atoms with E-state index in [2.05, 4.69) is 51.2 Å². The Balaban J connectivity index is 1.36. The van der Waals surface area contributed by atoms with Gasteiger partial charge in [-0.1, -0.05) is 34.9 Å². The molecular weight excluding hydrogens is 454 g/mol. The molecule has 4 fully saturated rings. The van der Waals surface area contributed by atoms with Gasteiger partial charge in [0, 0.05) is 17.9 Å². The number of hydrogen-bond acceptors (Lipinski definition) is 3. The first-order valence-corrected chi connectivity index (χ1v) is 14.8. The van der Waals surface area contributed by atoms with Crippen LogP contribution in [0.25, 0.3) is 0 Å². The zero-order valence-electron chi connectivity index (χ0n) is 22.4. The van der Waals surface area contributed by atoms with Crippen LogP contribution in [0, 0.1) is 23.2 Å². The molecule has 35 heavy (non-hydrogen) atoms. The summed E-state index contributed by atoms with van der Waals surface area (Å²) >= 11 is 1.59. The molecule has 0 heterocycles. The third kappa shape index (κ3) is 9.15. The summed E-state index contributed by atoms with van der Waals surface area (Å²) in [6, 6.07) is -0.804. The summed E-state index contributed by atoms with van der Waals surface area (Å²) in [5.41, 5.74) is 4.30. The van der Waals surface area contributed by atoms with Crippen LogP contribution < -0.4 is 5.32 Å². The highest BCUT2D eigenvalue weighted by atomic mass is 32.2. The Morgan fingerprint density at radius 1 is 0.914 bits per heavy atom. The van der Waals surface area contributed by atoms with Crippen LogP contribution in [0.4, 0.5) is 0 Å². The molecule has 1 unspecified atom stereocenters. The van der Waals surface area contributed by atoms with Crippen molar-refractivity contribution in [3.05, 3.63) is 34.9 Å². The minimum Gasteiger partial charge on any atom is -0.480 e. The van der Waals surface area contributed by atoms with E-state index in [0.717, 1.165) is 49.2 Å². The van der Waals surface area contributed by atoms with Crippen molar-refractivity contribution in [2.45, 2.75) is 104 Å². The van der Waals surface area contributed by atoms with E-state index in [9.17, 15) is 14.7 Å². The van der Waals surface area contributed by atoms with Crippen molar-refractivity contribution in [2.75, 3.05) is 11.5 Å². The average molecular weight is 502 g/mol. The van der Waals surface area contributed by atoms with Crippen molar-refractivity contribution in [3.8, 4) is 0 Å². The molecule has 1 atom stereocenters. The summed E-state index contributed by atoms with van der Waals surface area (Å²) in [6.07, 6.45) is 19.2. The predicted octanol–water partition coefficient (Wildman–Crippen LogP) is 7.31. The van der Waals surface area contributed by atoms with Gasteiger partial charge in [0.1, 0.15) is 6.04 Å². The molecule has 4 saturated carbocycles. The van der Waals surface area contributed by atoms with Crippen molar-refractivity contribution in [1.82, 2.24) is 5.32 Å². The summed E-state index contributed by atoms with van der Waals surface area (Å²) in [5.74, 6) is 2.62. The van der Waals surface area contributed by atoms with Crippen molar-refractivity contribution in [2.24, 2.45) is 23.2 Å². The number of thioether (sulfide) groups is 1. The highest BCUT2D eigenvalue weighted by Gasteiger charge is 2.51. The van der Waals surface area contributed by atoms with Crippen LogP contribution in [-0.4, -0.2) is 34.5 Å². The van der Waals surface area contributed by atoms with E-state index < -0.39 is 12.0 Å². The lowest BCUT2D eigenvalue weighted by atomic mass is 9.49. The third-order valence-corrected chi connectivity index (χ3v) is 9.26. The highest BCUT2D eigenvalue weighted by molar-refractivity contribution is 7.99. The molecule has 4 nitrogen and oxygen atoms in total. The van der Waals surface area contributed by atoms with Gasteiger partial charge < -0.3 is 10.4 Å². The zero-order chi connectivity index (χ0) is 25.4. The van der Waals surface area contributed by atoms with Crippen LogP contribution in [-0.2, 0) is 9.59 Å². The standard InChI is InChI=1S/C30H47NO3S/c1-21(2)7-5-8-22(3)9-6-10-23(4)11-12-35-20-27(29(33)34)31-28(32)19-30-16-24-13-25(17-30)15-26(14-24)18-30/h7,9,11,24-27H,5-6,8,10,12-20H2,1-4H3,(H,31,32)(H,33,34)/b22-9+,23-11+. The largest absolute Gasteiger partial charge is 0.480 e. The Kier molecular flexibility index (Phi) is 10.6. The summed E-state index contributed by atoms with van der Waals surface area (Å²) in [7, 11) is 0. The van der Waals surface area contributed by atoms with E-state index in [0.29, 0.717) is 12.2 Å². The topological polar surface area (TPSA) is 66.4 Å². The number of nitrogens with one attached hydrogen (secondary N) is 1. The molecule has 4 aliphatic rings. The maximum atomic E-state index is 12.9. The Hall–Kier alpha value is -1.49. The summed E-state index contributed by atoms with van der Waals surface area (Å²) in [4.78, 5) is 24.6. The van der Waals surface area contributed by atoms with Crippen LogP contribution in [0.1, 0.15) is 98.3 Å². The van der Waals surface area contributed by atoms with Gasteiger partial charge in [0.2, 0.25) is 5.91 Å². The van der Waals surface area contributed by atoms with Gasteiger partial charge in [-0.3, -0.25) is 4.79 Å². The molecule has 2 N–H and O–H groups in total. The monoisotopic (exact) mass is 501 g/mol. The van der Waals surface area contributed by atoms with Crippen LogP contribution in [0.3, 0.4) is 0 Å². The van der Waals surface area contributed by atoms with E-state index in [1.165, 1.54) is 55.2 Å². The minimum absolute atomic E-state index is 0.0570. The normalized spacial score (nSPS) is 28.6. The molecule has 0 aromatic rings. The fourth-order valence-electron chi connectivity index (χ4n) is 6.99. The Morgan fingerprint density at radius 3 is 2.00 bits per heavy atom. The van der Waals surface area contributed by atoms with E-state index in [1.54, 1.807) is 11.8 Å². The lowest BCUT2D eigenvalue weighted by molar-refractivity contribution is -0.142. The van der Waals surface area contributed by atoms with Gasteiger partial charge in [-0.05, 0) is 115 Å². The van der Waals surface area contributed by atoms with Gasteiger partial charge in [-0.15, -0.1) is 0 Å². The number of hydrogen-bond donors (Lipinski definition) is 2. The number of carboxylic acids is 1. The molecule has 0 radical (unpaired) electrons. The van der Waals surface area contributed by atoms with Crippen molar-refractivity contribution in [3.63, 3.8) is 0 Å². The maximum absolute atomic E-state index is 12.9. The van der Waals surface area contributed by atoms with Gasteiger partial charge in [0.25, 0.3) is 0 Å². The molecular formula is C30H47NO3S. The first kappa shape index (κ1) is 28.1. The summed E-state index contributed by atoms with van der Waals surface area (Å²) in [6.45, 7) is 8.63. The van der Waals surface area contributed by atoms with Crippen LogP contribution in [0.15, 0.2) is 34.9 Å². The first-order chi connectivity index (χ1) is 16.6. The lowest BCUT2D eigenvalue weighted by Gasteiger charge is -2.56. The molecule has 0 spiro atoms. The quantitative estimate of drug-likeness (QED) is 0.193. The van der Waals surface area contributed by atoms with Gasteiger partial charge in [-0.25, -0.2) is 4.79 Å². The smallest absolute Gasteiger partial charge is 0.327 e. The molecule has 1 amide bonds. The second-order valence-electron chi connectivity index (χ2n) is 12.0. The summed E-state index contributed by atoms with van der Waals surface area (Å²) < 4.78 is 0. The van der Waals surface area contributed by atoms with Gasteiger partial charge in [-0.2, -0.15) is 11.8 Å². The first-order valence-electron chi connectivity index (χ1n) is 13.7. The second-order valence-corrected chi connectivity index (χ2v) is 13.1. The molecule has 0 aliphatic heterocycles. The van der Waals surface area contributed by atoms with Crippen LogP contribution in [0.2, 0.25) is 0 Å². The number of rotatable bonds is 14. The van der Waals surface area contributed by atoms with E-state index >= 15 is 0 Å². The Bertz CT molecular complexity index is 801. The van der Waals surface area contributed by atoms with Gasteiger partial charge >= 0.3 is 5.97 Å². The molecule has 4 aliphatic carbocycles. The second kappa shape index (κ2) is 13.2. The average Bonchev–Trinajstić information content (AvgIpc) is 2.74. The van der Waals surface area contributed by atoms with E-state index in [4.69, 9.17) is 0 Å². The SMILES string of the molecule is CC(C)=CCC/C(C)=C/CC/C(C)=C/CSCC(NC(=O)CC12CC3CC(CC(C3)C1)C2)C(=O)O. The Morgan fingerprint density at radius 2 is 1.46 bits per heavy atom. The van der Waals surface area contributed by atoms with Crippen LogP contribution in [0.5, 0.6) is 0 Å². The number of aliphatic carboxylic acids is 1. The minimum atomic E-state index is -0.925. The highest BCUT2D eigenvalue weighted by Crippen LogP contribution is 2.61. The van der Waals surface area contributed by atoms with Crippen molar-refractivity contribution >= 4 is 23.6 Å². The van der Waals surface area contributed by atoms with Crippen molar-refractivity contribution < 1.29 is 14.7 Å². The molecule has 4 bridgehead atoms. The number of amides is 1. The van der Waals surface area contributed by atoms with Gasteiger partial charge in [0.05, 0.1) is 0 Å². The number of carbonyl (C=O) groups is 2. The predicted molar refractivity (Wildman–Crippen MR) is 148 cm³/mol. The fourth-order valence-corrected chi connectivity index (χ4v) is 7.99. The Labute approximate surface area is 217 Å². The van der Waals surface area contributed by atoms with E-state index in [-0.39, 0.29) is 11.3 Å². The number of carboxylic acid groups (broad SMARTS) is 1. The van der Waals surface area contributed by atoms with Crippen molar-refractivity contribution in [1.29, 1.82) is 0 Å². The summed E-state index contributed by atoms with van der Waals surface area (Å²) in [5, 5.41) is 12.5.